The largest absolute Gasteiger partial charge is 0.361 e. The fourth-order valence-corrected chi connectivity index (χ4v) is 3.01. The highest BCUT2D eigenvalue weighted by Crippen LogP contribution is 2.38. The lowest BCUT2D eigenvalue weighted by atomic mass is 9.81. The van der Waals surface area contributed by atoms with Crippen LogP contribution in [0.4, 0.5) is 0 Å². The summed E-state index contributed by atoms with van der Waals surface area (Å²) in [5, 5.41) is 24.5. The maximum Gasteiger partial charge on any atom is 0.0975 e. The third kappa shape index (κ3) is 2.14. The van der Waals surface area contributed by atoms with E-state index >= 15 is 0 Å². The normalized spacial score (nSPS) is 15.5. The summed E-state index contributed by atoms with van der Waals surface area (Å²) in [5.41, 5.74) is 3.83. The highest BCUT2D eigenvalue weighted by atomic mass is 14.9. The molecule has 1 aliphatic rings. The van der Waals surface area contributed by atoms with E-state index in [2.05, 4.69) is 29.6 Å². The third-order valence-electron chi connectivity index (χ3n) is 4.11. The molecule has 3 heteroatoms. The van der Waals surface area contributed by atoms with Crippen molar-refractivity contribution in [1.29, 1.82) is 10.5 Å². The number of allylic oxidation sites excluding steroid dienone is 4. The zero-order valence-electron chi connectivity index (χ0n) is 12.5. The molecule has 1 aliphatic heterocycles. The van der Waals surface area contributed by atoms with Gasteiger partial charge in [0.25, 0.3) is 0 Å². The smallest absolute Gasteiger partial charge is 0.0975 e. The standard InChI is InChI=1S/C19H15N3/c1-12-17(10-20)19(18(11-21)13(2)22-12)16-8-7-14-5-3-4-6-15(14)9-16/h3-9,19,22H,1-2H3. The van der Waals surface area contributed by atoms with Gasteiger partial charge in [0, 0.05) is 11.4 Å². The highest BCUT2D eigenvalue weighted by molar-refractivity contribution is 5.83. The van der Waals surface area contributed by atoms with Crippen molar-refractivity contribution >= 4 is 10.8 Å². The molecule has 22 heavy (non-hydrogen) atoms. The first-order chi connectivity index (χ1) is 10.7. The minimum absolute atomic E-state index is 0.291. The molecule has 0 amide bonds. The minimum Gasteiger partial charge on any atom is -0.361 e. The van der Waals surface area contributed by atoms with E-state index < -0.39 is 0 Å². The fraction of sp³-hybridized carbons (Fsp3) is 0.158. The molecule has 2 aromatic carbocycles. The van der Waals surface area contributed by atoms with Gasteiger partial charge in [-0.25, -0.2) is 0 Å². The Balaban J connectivity index is 2.23. The second-order valence-corrected chi connectivity index (χ2v) is 5.47. The van der Waals surface area contributed by atoms with Gasteiger partial charge in [0.1, 0.15) is 0 Å². The van der Waals surface area contributed by atoms with Gasteiger partial charge in [0.15, 0.2) is 0 Å². The van der Waals surface area contributed by atoms with Crippen LogP contribution in [0.25, 0.3) is 10.8 Å². The van der Waals surface area contributed by atoms with Crippen molar-refractivity contribution in [3.63, 3.8) is 0 Å². The molecule has 1 heterocycles. The average molecular weight is 285 g/mol. The average Bonchev–Trinajstić information content (AvgIpc) is 2.54. The van der Waals surface area contributed by atoms with E-state index in [-0.39, 0.29) is 5.92 Å². The molecule has 1 N–H and O–H groups in total. The monoisotopic (exact) mass is 285 g/mol. The Hall–Kier alpha value is -3.04. The van der Waals surface area contributed by atoms with Gasteiger partial charge in [-0.3, -0.25) is 0 Å². The topological polar surface area (TPSA) is 59.6 Å². The number of nitriles is 2. The van der Waals surface area contributed by atoms with Crippen molar-refractivity contribution in [3.05, 3.63) is 70.6 Å². The van der Waals surface area contributed by atoms with Crippen LogP contribution in [0.5, 0.6) is 0 Å². The fourth-order valence-electron chi connectivity index (χ4n) is 3.01. The van der Waals surface area contributed by atoms with Crippen LogP contribution in [0.15, 0.2) is 65.0 Å². The Morgan fingerprint density at radius 2 is 1.45 bits per heavy atom. The lowest BCUT2D eigenvalue weighted by Gasteiger charge is -2.26. The van der Waals surface area contributed by atoms with Gasteiger partial charge >= 0.3 is 0 Å². The molecular formula is C19H15N3. The highest BCUT2D eigenvalue weighted by Gasteiger charge is 2.29. The molecule has 0 radical (unpaired) electrons. The van der Waals surface area contributed by atoms with Gasteiger partial charge in [-0.05, 0) is 30.2 Å². The molecule has 2 aromatic rings. The first-order valence-electron chi connectivity index (χ1n) is 7.13. The summed E-state index contributed by atoms with van der Waals surface area (Å²) in [4.78, 5) is 0. The molecule has 0 saturated carbocycles. The predicted molar refractivity (Wildman–Crippen MR) is 86.5 cm³/mol. The van der Waals surface area contributed by atoms with Gasteiger partial charge in [0.05, 0.1) is 29.2 Å². The molecule has 3 rings (SSSR count). The number of hydrogen-bond donors (Lipinski definition) is 1. The number of dihydropyridines is 1. The number of hydrogen-bond acceptors (Lipinski definition) is 3. The molecule has 0 fully saturated rings. The van der Waals surface area contributed by atoms with E-state index in [1.54, 1.807) is 0 Å². The van der Waals surface area contributed by atoms with E-state index in [1.165, 1.54) is 0 Å². The van der Waals surface area contributed by atoms with Crippen molar-refractivity contribution in [2.75, 3.05) is 0 Å². The van der Waals surface area contributed by atoms with E-state index in [9.17, 15) is 10.5 Å². The second kappa shape index (κ2) is 5.39. The molecule has 0 saturated heterocycles. The van der Waals surface area contributed by atoms with Crippen LogP contribution in [-0.4, -0.2) is 0 Å². The van der Waals surface area contributed by atoms with Crippen LogP contribution in [0.1, 0.15) is 25.3 Å². The molecule has 106 valence electrons. The summed E-state index contributed by atoms with van der Waals surface area (Å²) in [6.07, 6.45) is 0. The van der Waals surface area contributed by atoms with Crippen molar-refractivity contribution in [2.24, 2.45) is 0 Å². The van der Waals surface area contributed by atoms with Gasteiger partial charge in [-0.15, -0.1) is 0 Å². The number of nitrogens with one attached hydrogen (secondary N) is 1. The van der Waals surface area contributed by atoms with E-state index in [0.717, 1.165) is 27.7 Å². The molecule has 0 atom stereocenters. The lowest BCUT2D eigenvalue weighted by molar-refractivity contribution is 0.815. The van der Waals surface area contributed by atoms with Crippen molar-refractivity contribution in [1.82, 2.24) is 5.32 Å². The van der Waals surface area contributed by atoms with Crippen LogP contribution < -0.4 is 5.32 Å². The number of benzene rings is 2. The van der Waals surface area contributed by atoms with Crippen LogP contribution in [0, 0.1) is 22.7 Å². The number of rotatable bonds is 1. The Kier molecular flexibility index (Phi) is 3.41. The summed E-state index contributed by atoms with van der Waals surface area (Å²) in [6.45, 7) is 3.76. The Labute approximate surface area is 129 Å². The quantitative estimate of drug-likeness (QED) is 0.857. The lowest BCUT2D eigenvalue weighted by Crippen LogP contribution is -2.23. The maximum absolute atomic E-state index is 9.53. The van der Waals surface area contributed by atoms with E-state index in [1.807, 2.05) is 44.2 Å². The Morgan fingerprint density at radius 1 is 0.864 bits per heavy atom. The summed E-state index contributed by atoms with van der Waals surface area (Å²) in [6, 6.07) is 18.8. The first kappa shape index (κ1) is 13.9. The Bertz CT molecular complexity index is 868. The van der Waals surface area contributed by atoms with Crippen molar-refractivity contribution in [2.45, 2.75) is 19.8 Å². The van der Waals surface area contributed by atoms with E-state index in [0.29, 0.717) is 11.1 Å². The van der Waals surface area contributed by atoms with Gasteiger partial charge < -0.3 is 5.32 Å². The molecule has 0 unspecified atom stereocenters. The molecule has 0 spiro atoms. The van der Waals surface area contributed by atoms with Crippen LogP contribution in [0.2, 0.25) is 0 Å². The van der Waals surface area contributed by atoms with Crippen molar-refractivity contribution in [3.8, 4) is 12.1 Å². The summed E-state index contributed by atoms with van der Waals surface area (Å²) < 4.78 is 0. The third-order valence-corrected chi connectivity index (χ3v) is 4.11. The molecular weight excluding hydrogens is 270 g/mol. The predicted octanol–water partition coefficient (Wildman–Crippen LogP) is 4.12. The van der Waals surface area contributed by atoms with Gasteiger partial charge in [-0.1, -0.05) is 42.5 Å². The molecule has 0 aromatic heterocycles. The molecule has 3 nitrogen and oxygen atoms in total. The minimum atomic E-state index is -0.291. The SMILES string of the molecule is CC1=C(C#N)C(c2ccc3ccccc3c2)C(C#N)=C(C)N1. The van der Waals surface area contributed by atoms with Crippen molar-refractivity contribution < 1.29 is 0 Å². The second-order valence-electron chi connectivity index (χ2n) is 5.47. The molecule has 0 aliphatic carbocycles. The zero-order chi connectivity index (χ0) is 15.7. The molecule has 0 bridgehead atoms. The summed E-state index contributed by atoms with van der Waals surface area (Å²) in [5.74, 6) is -0.291. The van der Waals surface area contributed by atoms with Gasteiger partial charge in [0.2, 0.25) is 0 Å². The van der Waals surface area contributed by atoms with Crippen LogP contribution in [-0.2, 0) is 0 Å². The summed E-state index contributed by atoms with van der Waals surface area (Å²) in [7, 11) is 0. The Morgan fingerprint density at radius 3 is 2.05 bits per heavy atom. The first-order valence-corrected chi connectivity index (χ1v) is 7.13. The number of nitrogens with zero attached hydrogens (tertiary/aromatic N) is 2. The zero-order valence-corrected chi connectivity index (χ0v) is 12.5. The van der Waals surface area contributed by atoms with Crippen LogP contribution >= 0.6 is 0 Å². The number of fused-ring (bicyclic) bond motifs is 1. The summed E-state index contributed by atoms with van der Waals surface area (Å²) >= 11 is 0. The van der Waals surface area contributed by atoms with Gasteiger partial charge in [-0.2, -0.15) is 10.5 Å². The van der Waals surface area contributed by atoms with E-state index in [4.69, 9.17) is 0 Å². The van der Waals surface area contributed by atoms with Crippen LogP contribution in [0.3, 0.4) is 0 Å². The maximum atomic E-state index is 9.53.